The summed E-state index contributed by atoms with van der Waals surface area (Å²) in [5, 5.41) is 2.67. The van der Waals surface area contributed by atoms with Crippen molar-refractivity contribution < 1.29 is 13.8 Å². The van der Waals surface area contributed by atoms with Crippen LogP contribution >= 0.6 is 0 Å². The third-order valence-electron chi connectivity index (χ3n) is 4.02. The van der Waals surface area contributed by atoms with Crippen molar-refractivity contribution in [3.05, 3.63) is 29.8 Å². The van der Waals surface area contributed by atoms with E-state index in [1.807, 2.05) is 19.1 Å². The van der Waals surface area contributed by atoms with Gasteiger partial charge in [-0.25, -0.2) is 0 Å². The van der Waals surface area contributed by atoms with Crippen molar-refractivity contribution in [2.75, 3.05) is 18.8 Å². The Morgan fingerprint density at radius 3 is 2.52 bits per heavy atom. The molecule has 1 heterocycles. The van der Waals surface area contributed by atoms with E-state index in [2.05, 4.69) is 5.32 Å². The SMILES string of the molecule is Cc1ccccc1[S@](=O)CC(=O)N[C@H](C)C(=O)N1CCCCC1. The standard InChI is InChI=1S/C17H24N2O3S/c1-13-8-4-5-9-15(13)23(22)12-16(20)18-14(2)17(21)19-10-6-3-7-11-19/h4-5,8-9,14H,3,6-7,10-12H2,1-2H3,(H,18,20)/t14-,23-/m1/s1. The number of nitrogens with zero attached hydrogens (tertiary/aromatic N) is 1. The van der Waals surface area contributed by atoms with Crippen LogP contribution in [-0.4, -0.2) is 45.8 Å². The van der Waals surface area contributed by atoms with Gasteiger partial charge in [-0.1, -0.05) is 18.2 Å². The minimum absolute atomic E-state index is 0.0558. The zero-order chi connectivity index (χ0) is 16.8. The fourth-order valence-corrected chi connectivity index (χ4v) is 3.88. The van der Waals surface area contributed by atoms with E-state index in [0.29, 0.717) is 4.90 Å². The van der Waals surface area contributed by atoms with Crippen LogP contribution in [0.15, 0.2) is 29.2 Å². The highest BCUT2D eigenvalue weighted by molar-refractivity contribution is 7.85. The molecule has 2 atom stereocenters. The topological polar surface area (TPSA) is 66.5 Å². The summed E-state index contributed by atoms with van der Waals surface area (Å²) in [6.07, 6.45) is 3.19. The number of nitrogens with one attached hydrogen (secondary N) is 1. The van der Waals surface area contributed by atoms with E-state index < -0.39 is 16.8 Å². The molecule has 23 heavy (non-hydrogen) atoms. The number of hydrogen-bond acceptors (Lipinski definition) is 3. The second-order valence-corrected chi connectivity index (χ2v) is 7.35. The molecule has 1 fully saturated rings. The molecule has 2 amide bonds. The summed E-state index contributed by atoms with van der Waals surface area (Å²) in [7, 11) is -1.40. The third-order valence-corrected chi connectivity index (χ3v) is 5.49. The van der Waals surface area contributed by atoms with Crippen molar-refractivity contribution >= 4 is 22.6 Å². The van der Waals surface area contributed by atoms with Crippen LogP contribution in [0.5, 0.6) is 0 Å². The first-order valence-electron chi connectivity index (χ1n) is 8.01. The maximum absolute atomic E-state index is 12.3. The van der Waals surface area contributed by atoms with Crippen molar-refractivity contribution in [3.8, 4) is 0 Å². The Kier molecular flexibility index (Phi) is 6.33. The number of amides is 2. The molecule has 0 spiro atoms. The molecule has 1 aromatic rings. The Morgan fingerprint density at radius 1 is 1.22 bits per heavy atom. The predicted octanol–water partition coefficient (Wildman–Crippen LogP) is 1.62. The molecule has 5 nitrogen and oxygen atoms in total. The molecule has 0 aliphatic carbocycles. The van der Waals surface area contributed by atoms with Crippen LogP contribution in [0, 0.1) is 6.92 Å². The number of aryl methyl sites for hydroxylation is 1. The van der Waals surface area contributed by atoms with Gasteiger partial charge in [0.05, 0.1) is 10.8 Å². The zero-order valence-electron chi connectivity index (χ0n) is 13.7. The average Bonchev–Trinajstić information content (AvgIpc) is 2.55. The predicted molar refractivity (Wildman–Crippen MR) is 90.5 cm³/mol. The molecule has 1 N–H and O–H groups in total. The number of likely N-dealkylation sites (tertiary alicyclic amines) is 1. The normalized spacial score (nSPS) is 17.4. The van der Waals surface area contributed by atoms with Crippen molar-refractivity contribution in [1.82, 2.24) is 10.2 Å². The number of rotatable bonds is 5. The van der Waals surface area contributed by atoms with Gasteiger partial charge >= 0.3 is 0 Å². The molecule has 1 saturated heterocycles. The Morgan fingerprint density at radius 2 is 1.87 bits per heavy atom. The van der Waals surface area contributed by atoms with Gasteiger partial charge < -0.3 is 10.2 Å². The van der Waals surface area contributed by atoms with Crippen LogP contribution in [0.2, 0.25) is 0 Å². The summed E-state index contributed by atoms with van der Waals surface area (Å²) >= 11 is 0. The van der Waals surface area contributed by atoms with Gasteiger partial charge in [0.25, 0.3) is 0 Å². The molecule has 126 valence electrons. The number of carbonyl (C=O) groups excluding carboxylic acids is 2. The maximum Gasteiger partial charge on any atom is 0.244 e. The van der Waals surface area contributed by atoms with Crippen LogP contribution in [0.3, 0.4) is 0 Å². The Balaban J connectivity index is 1.87. The molecular weight excluding hydrogens is 312 g/mol. The minimum Gasteiger partial charge on any atom is -0.344 e. The summed E-state index contributed by atoms with van der Waals surface area (Å²) in [6, 6.07) is 6.74. The van der Waals surface area contributed by atoms with E-state index in [-0.39, 0.29) is 17.6 Å². The second-order valence-electron chi connectivity index (χ2n) is 5.93. The maximum atomic E-state index is 12.3. The lowest BCUT2D eigenvalue weighted by Crippen LogP contribution is -2.49. The Labute approximate surface area is 139 Å². The third kappa shape index (κ3) is 4.89. The highest BCUT2D eigenvalue weighted by atomic mass is 32.2. The van der Waals surface area contributed by atoms with Gasteiger partial charge in [-0.15, -0.1) is 0 Å². The van der Waals surface area contributed by atoms with Crippen molar-refractivity contribution in [1.29, 1.82) is 0 Å². The summed E-state index contributed by atoms with van der Waals surface area (Å²) in [4.78, 5) is 26.8. The van der Waals surface area contributed by atoms with Gasteiger partial charge in [0, 0.05) is 18.0 Å². The fraction of sp³-hybridized carbons (Fsp3) is 0.529. The first-order chi connectivity index (χ1) is 11.0. The van der Waals surface area contributed by atoms with Gasteiger partial charge in [0.2, 0.25) is 11.8 Å². The molecule has 1 aliphatic heterocycles. The molecule has 1 aromatic carbocycles. The van der Waals surface area contributed by atoms with Gasteiger partial charge in [0.15, 0.2) is 0 Å². The van der Waals surface area contributed by atoms with E-state index in [1.54, 1.807) is 24.0 Å². The second kappa shape index (κ2) is 8.24. The van der Waals surface area contributed by atoms with E-state index in [0.717, 1.165) is 37.9 Å². The molecule has 2 rings (SSSR count). The lowest BCUT2D eigenvalue weighted by molar-refractivity contribution is -0.136. The summed E-state index contributed by atoms with van der Waals surface area (Å²) in [5.41, 5.74) is 0.899. The molecule has 6 heteroatoms. The van der Waals surface area contributed by atoms with Crippen LogP contribution in [0.25, 0.3) is 0 Å². The van der Waals surface area contributed by atoms with E-state index in [9.17, 15) is 13.8 Å². The van der Waals surface area contributed by atoms with Crippen LogP contribution in [-0.2, 0) is 20.4 Å². The molecule has 1 aliphatic rings. The molecule has 0 saturated carbocycles. The molecule has 0 bridgehead atoms. The molecule has 0 unspecified atom stereocenters. The number of carbonyl (C=O) groups is 2. The lowest BCUT2D eigenvalue weighted by atomic mass is 10.1. The fourth-order valence-electron chi connectivity index (χ4n) is 2.74. The van der Waals surface area contributed by atoms with Crippen molar-refractivity contribution in [2.24, 2.45) is 0 Å². The highest BCUT2D eigenvalue weighted by Crippen LogP contribution is 2.13. The van der Waals surface area contributed by atoms with E-state index >= 15 is 0 Å². The van der Waals surface area contributed by atoms with Crippen LogP contribution in [0.4, 0.5) is 0 Å². The van der Waals surface area contributed by atoms with Crippen molar-refractivity contribution in [2.45, 2.75) is 44.0 Å². The van der Waals surface area contributed by atoms with Crippen LogP contribution in [0.1, 0.15) is 31.7 Å². The zero-order valence-corrected chi connectivity index (χ0v) is 14.5. The Hall–Kier alpha value is -1.69. The number of hydrogen-bond donors (Lipinski definition) is 1. The van der Waals surface area contributed by atoms with Gasteiger partial charge in [-0.2, -0.15) is 0 Å². The minimum atomic E-state index is -1.40. The quantitative estimate of drug-likeness (QED) is 0.888. The first-order valence-corrected chi connectivity index (χ1v) is 9.33. The van der Waals surface area contributed by atoms with E-state index in [4.69, 9.17) is 0 Å². The summed E-state index contributed by atoms with van der Waals surface area (Å²) in [6.45, 7) is 5.07. The van der Waals surface area contributed by atoms with Crippen LogP contribution < -0.4 is 5.32 Å². The monoisotopic (exact) mass is 336 g/mol. The first kappa shape index (κ1) is 17.7. The molecule has 0 radical (unpaired) electrons. The number of piperidine rings is 1. The summed E-state index contributed by atoms with van der Waals surface area (Å²) < 4.78 is 12.3. The molecular formula is C17H24N2O3S. The lowest BCUT2D eigenvalue weighted by Gasteiger charge is -2.29. The Bertz CT molecular complexity index is 597. The van der Waals surface area contributed by atoms with Gasteiger partial charge in [-0.3, -0.25) is 13.8 Å². The van der Waals surface area contributed by atoms with Gasteiger partial charge in [0.1, 0.15) is 11.8 Å². The highest BCUT2D eigenvalue weighted by Gasteiger charge is 2.24. The smallest absolute Gasteiger partial charge is 0.244 e. The average molecular weight is 336 g/mol. The largest absolute Gasteiger partial charge is 0.344 e. The van der Waals surface area contributed by atoms with Gasteiger partial charge in [-0.05, 0) is 44.7 Å². The van der Waals surface area contributed by atoms with Crippen molar-refractivity contribution in [3.63, 3.8) is 0 Å². The summed E-state index contributed by atoms with van der Waals surface area (Å²) in [5.74, 6) is -0.535. The number of benzene rings is 1. The molecule has 0 aromatic heterocycles. The van der Waals surface area contributed by atoms with E-state index in [1.165, 1.54) is 0 Å².